The number of hydrogen-bond donors (Lipinski definition) is 0. The Balaban J connectivity index is 1.76. The van der Waals surface area contributed by atoms with E-state index in [4.69, 9.17) is 4.74 Å². The van der Waals surface area contributed by atoms with Crippen molar-refractivity contribution in [3.05, 3.63) is 36.1 Å². The lowest BCUT2D eigenvalue weighted by Crippen LogP contribution is -2.48. The molecule has 0 amide bonds. The Bertz CT molecular complexity index is 514. The van der Waals surface area contributed by atoms with Gasteiger partial charge in [-0.05, 0) is 72.3 Å². The van der Waals surface area contributed by atoms with E-state index in [2.05, 4.69) is 33.1 Å². The van der Waals surface area contributed by atoms with Crippen molar-refractivity contribution in [2.75, 3.05) is 7.11 Å². The standard InChI is InChI=1S/C22H34O/c1-15-7-6-8-21-20-12-11-18(10-9-16(2)23-5)17(3)19(20)13-14-22(15,21)4/h10,15,19-21H,2-3,6-9,11-14H2,1,4-5H3. The van der Waals surface area contributed by atoms with Crippen molar-refractivity contribution < 1.29 is 4.74 Å². The van der Waals surface area contributed by atoms with Crippen molar-refractivity contribution in [1.29, 1.82) is 0 Å². The Labute approximate surface area is 142 Å². The molecule has 0 aromatic heterocycles. The van der Waals surface area contributed by atoms with Crippen molar-refractivity contribution >= 4 is 0 Å². The van der Waals surface area contributed by atoms with Crippen LogP contribution in [0.1, 0.15) is 65.2 Å². The van der Waals surface area contributed by atoms with Crippen LogP contribution in [0.5, 0.6) is 0 Å². The zero-order valence-corrected chi connectivity index (χ0v) is 15.4. The number of methoxy groups -OCH3 is 1. The van der Waals surface area contributed by atoms with Gasteiger partial charge in [-0.25, -0.2) is 0 Å². The van der Waals surface area contributed by atoms with Crippen LogP contribution in [-0.2, 0) is 4.74 Å². The maximum Gasteiger partial charge on any atom is 0.0921 e. The molecule has 5 atom stereocenters. The van der Waals surface area contributed by atoms with Crippen LogP contribution in [-0.4, -0.2) is 7.11 Å². The first-order chi connectivity index (χ1) is 11.0. The Morgan fingerprint density at radius 3 is 2.83 bits per heavy atom. The molecule has 3 rings (SSSR count). The first-order valence-electron chi connectivity index (χ1n) is 9.57. The minimum absolute atomic E-state index is 0.589. The molecular weight excluding hydrogens is 280 g/mol. The van der Waals surface area contributed by atoms with Gasteiger partial charge in [0, 0.05) is 6.42 Å². The van der Waals surface area contributed by atoms with Crippen LogP contribution in [0, 0.1) is 29.1 Å². The van der Waals surface area contributed by atoms with Crippen LogP contribution in [0.2, 0.25) is 0 Å². The number of hydrogen-bond acceptors (Lipinski definition) is 1. The van der Waals surface area contributed by atoms with Gasteiger partial charge in [0.2, 0.25) is 0 Å². The van der Waals surface area contributed by atoms with E-state index < -0.39 is 0 Å². The molecule has 3 fully saturated rings. The molecule has 0 spiro atoms. The lowest BCUT2D eigenvalue weighted by molar-refractivity contribution is -0.0526. The first kappa shape index (κ1) is 16.9. The SMILES string of the molecule is C=C(CC=C1CCC2C(CCC3(C)C(C)CCCC23)C1=C)OC. The maximum absolute atomic E-state index is 5.21. The third-order valence-electron chi connectivity index (χ3n) is 7.62. The molecule has 0 bridgehead atoms. The number of ether oxygens (including phenoxy) is 1. The number of rotatable bonds is 3. The monoisotopic (exact) mass is 314 g/mol. The van der Waals surface area contributed by atoms with Gasteiger partial charge in [0.05, 0.1) is 12.9 Å². The van der Waals surface area contributed by atoms with Crippen molar-refractivity contribution in [3.63, 3.8) is 0 Å². The van der Waals surface area contributed by atoms with Gasteiger partial charge in [-0.1, -0.05) is 45.9 Å². The van der Waals surface area contributed by atoms with E-state index in [0.717, 1.165) is 35.9 Å². The van der Waals surface area contributed by atoms with E-state index in [1.807, 2.05) is 0 Å². The molecule has 1 heteroatoms. The second kappa shape index (κ2) is 6.49. The van der Waals surface area contributed by atoms with Crippen molar-refractivity contribution in [3.8, 4) is 0 Å². The van der Waals surface area contributed by atoms with Gasteiger partial charge in [0.15, 0.2) is 0 Å². The van der Waals surface area contributed by atoms with Crippen LogP contribution < -0.4 is 0 Å². The molecule has 0 saturated heterocycles. The van der Waals surface area contributed by atoms with Crippen LogP contribution in [0.25, 0.3) is 0 Å². The Kier molecular flexibility index (Phi) is 4.76. The van der Waals surface area contributed by atoms with E-state index in [-0.39, 0.29) is 0 Å². The minimum atomic E-state index is 0.589. The lowest BCUT2D eigenvalue weighted by Gasteiger charge is -2.57. The highest BCUT2D eigenvalue weighted by molar-refractivity contribution is 5.35. The van der Waals surface area contributed by atoms with Gasteiger partial charge in [-0.2, -0.15) is 0 Å². The Morgan fingerprint density at radius 2 is 2.09 bits per heavy atom. The summed E-state index contributed by atoms with van der Waals surface area (Å²) < 4.78 is 5.21. The minimum Gasteiger partial charge on any atom is -0.501 e. The summed E-state index contributed by atoms with van der Waals surface area (Å²) in [6, 6.07) is 0. The Morgan fingerprint density at radius 1 is 1.30 bits per heavy atom. The summed E-state index contributed by atoms with van der Waals surface area (Å²) in [6.45, 7) is 13.6. The zero-order chi connectivity index (χ0) is 16.6. The quantitative estimate of drug-likeness (QED) is 0.557. The molecule has 5 unspecified atom stereocenters. The summed E-state index contributed by atoms with van der Waals surface area (Å²) in [5.74, 6) is 4.29. The van der Waals surface area contributed by atoms with Crippen molar-refractivity contribution in [1.82, 2.24) is 0 Å². The molecule has 0 N–H and O–H groups in total. The fourth-order valence-electron chi connectivity index (χ4n) is 5.87. The van der Waals surface area contributed by atoms with Gasteiger partial charge >= 0.3 is 0 Å². The summed E-state index contributed by atoms with van der Waals surface area (Å²) >= 11 is 0. The average molecular weight is 315 g/mol. The molecule has 0 radical (unpaired) electrons. The normalized spacial score (nSPS) is 42.0. The topological polar surface area (TPSA) is 9.23 Å². The Hall–Kier alpha value is -0.980. The summed E-state index contributed by atoms with van der Waals surface area (Å²) in [4.78, 5) is 0. The number of fused-ring (bicyclic) bond motifs is 3. The maximum atomic E-state index is 5.21. The highest BCUT2D eigenvalue weighted by Gasteiger charge is 2.51. The number of allylic oxidation sites excluding steroid dienone is 3. The fraction of sp³-hybridized carbons (Fsp3) is 0.727. The summed E-state index contributed by atoms with van der Waals surface area (Å²) in [5, 5.41) is 0. The van der Waals surface area contributed by atoms with Crippen molar-refractivity contribution in [2.45, 2.75) is 65.2 Å². The smallest absolute Gasteiger partial charge is 0.0921 e. The third kappa shape index (κ3) is 2.92. The second-order valence-corrected chi connectivity index (χ2v) is 8.49. The van der Waals surface area contributed by atoms with Crippen LogP contribution in [0.3, 0.4) is 0 Å². The highest BCUT2D eigenvalue weighted by atomic mass is 16.5. The molecule has 3 aliphatic carbocycles. The zero-order valence-electron chi connectivity index (χ0n) is 15.4. The van der Waals surface area contributed by atoms with Gasteiger partial charge in [-0.3, -0.25) is 0 Å². The first-order valence-corrected chi connectivity index (χ1v) is 9.57. The average Bonchev–Trinajstić information content (AvgIpc) is 2.55. The molecule has 3 aliphatic rings. The molecule has 0 aromatic rings. The van der Waals surface area contributed by atoms with E-state index in [1.54, 1.807) is 7.11 Å². The molecule has 3 saturated carbocycles. The fourth-order valence-corrected chi connectivity index (χ4v) is 5.87. The summed E-state index contributed by atoms with van der Waals surface area (Å²) in [5.41, 5.74) is 3.51. The predicted molar refractivity (Wildman–Crippen MR) is 98.0 cm³/mol. The van der Waals surface area contributed by atoms with E-state index in [1.165, 1.54) is 56.1 Å². The van der Waals surface area contributed by atoms with Gasteiger partial charge < -0.3 is 4.74 Å². The van der Waals surface area contributed by atoms with E-state index in [0.29, 0.717) is 5.41 Å². The summed E-state index contributed by atoms with van der Waals surface area (Å²) in [6.07, 6.45) is 12.8. The molecule has 1 nitrogen and oxygen atoms in total. The van der Waals surface area contributed by atoms with Crippen LogP contribution in [0.15, 0.2) is 36.1 Å². The molecule has 23 heavy (non-hydrogen) atoms. The van der Waals surface area contributed by atoms with Gasteiger partial charge in [0.25, 0.3) is 0 Å². The highest BCUT2D eigenvalue weighted by Crippen LogP contribution is 2.60. The lowest BCUT2D eigenvalue weighted by atomic mass is 9.48. The van der Waals surface area contributed by atoms with Gasteiger partial charge in [0.1, 0.15) is 0 Å². The molecule has 128 valence electrons. The molecule has 0 aliphatic heterocycles. The molecule has 0 heterocycles. The van der Waals surface area contributed by atoms with E-state index >= 15 is 0 Å². The predicted octanol–water partition coefficient (Wildman–Crippen LogP) is 6.28. The van der Waals surface area contributed by atoms with Crippen LogP contribution >= 0.6 is 0 Å². The molecular formula is C22H34O. The van der Waals surface area contributed by atoms with E-state index in [9.17, 15) is 0 Å². The molecule has 0 aromatic carbocycles. The van der Waals surface area contributed by atoms with Crippen molar-refractivity contribution in [2.24, 2.45) is 29.1 Å². The third-order valence-corrected chi connectivity index (χ3v) is 7.62. The van der Waals surface area contributed by atoms with Crippen LogP contribution in [0.4, 0.5) is 0 Å². The second-order valence-electron chi connectivity index (χ2n) is 8.49. The summed E-state index contributed by atoms with van der Waals surface area (Å²) in [7, 11) is 1.71. The van der Waals surface area contributed by atoms with Gasteiger partial charge in [-0.15, -0.1) is 0 Å². The largest absolute Gasteiger partial charge is 0.501 e.